The van der Waals surface area contributed by atoms with Crippen LogP contribution < -0.4 is 4.74 Å². The maximum atomic E-state index is 9.02. The molecule has 3 rings (SSSR count). The summed E-state index contributed by atoms with van der Waals surface area (Å²) in [5, 5.41) is 11.8. The van der Waals surface area contributed by atoms with Gasteiger partial charge < -0.3 is 9.84 Å². The molecule has 1 aromatic carbocycles. The number of benzene rings is 1. The Balaban J connectivity index is 1.97. The number of hydrogen-bond donors (Lipinski definition) is 1. The number of nitrogens with zero attached hydrogens (tertiary/aromatic N) is 1. The van der Waals surface area contributed by atoms with E-state index in [2.05, 4.69) is 11.1 Å². The molecular formula is C13H13NO2S. The van der Waals surface area contributed by atoms with Crippen LogP contribution in [0.3, 0.4) is 0 Å². The van der Waals surface area contributed by atoms with Gasteiger partial charge in [0.2, 0.25) is 0 Å². The SMILES string of the molecule is OCc1nc(-c2ccc3c(c2)CCCO3)cs1. The number of aliphatic hydroxyl groups excluding tert-OH is 1. The molecule has 1 aliphatic rings. The molecule has 0 saturated heterocycles. The van der Waals surface area contributed by atoms with Crippen LogP contribution in [0.15, 0.2) is 23.6 Å². The third-order valence-electron chi connectivity index (χ3n) is 2.89. The highest BCUT2D eigenvalue weighted by Crippen LogP contribution is 2.30. The van der Waals surface area contributed by atoms with Crippen molar-refractivity contribution in [3.05, 3.63) is 34.2 Å². The van der Waals surface area contributed by atoms with Crippen LogP contribution in [0.25, 0.3) is 11.3 Å². The van der Waals surface area contributed by atoms with Crippen LogP contribution in [0, 0.1) is 0 Å². The third kappa shape index (κ3) is 2.06. The van der Waals surface area contributed by atoms with E-state index in [1.54, 1.807) is 0 Å². The lowest BCUT2D eigenvalue weighted by atomic mass is 10.0. The molecule has 0 unspecified atom stereocenters. The summed E-state index contributed by atoms with van der Waals surface area (Å²) in [6.07, 6.45) is 2.15. The van der Waals surface area contributed by atoms with Gasteiger partial charge in [0.05, 0.1) is 18.9 Å². The van der Waals surface area contributed by atoms with Crippen molar-refractivity contribution in [2.45, 2.75) is 19.4 Å². The standard InChI is InChI=1S/C13H13NO2S/c15-7-13-14-11(8-17-13)9-3-4-12-10(6-9)2-1-5-16-12/h3-4,6,8,15H,1-2,5,7H2. The van der Waals surface area contributed by atoms with Crippen LogP contribution in [-0.4, -0.2) is 16.7 Å². The lowest BCUT2D eigenvalue weighted by molar-refractivity contribution is 0.281. The number of ether oxygens (including phenoxy) is 1. The van der Waals surface area contributed by atoms with Crippen molar-refractivity contribution in [2.24, 2.45) is 0 Å². The molecule has 0 saturated carbocycles. The fraction of sp³-hybridized carbons (Fsp3) is 0.308. The Hall–Kier alpha value is -1.39. The summed E-state index contributed by atoms with van der Waals surface area (Å²) in [5.74, 6) is 0.998. The van der Waals surface area contributed by atoms with Crippen LogP contribution in [0.5, 0.6) is 5.75 Å². The lowest BCUT2D eigenvalue weighted by Gasteiger charge is -2.17. The van der Waals surface area contributed by atoms with Gasteiger partial charge in [0.25, 0.3) is 0 Å². The topological polar surface area (TPSA) is 42.4 Å². The number of thiazole rings is 1. The van der Waals surface area contributed by atoms with Gasteiger partial charge >= 0.3 is 0 Å². The average molecular weight is 247 g/mol. The zero-order chi connectivity index (χ0) is 11.7. The van der Waals surface area contributed by atoms with Crippen molar-refractivity contribution in [3.8, 4) is 17.0 Å². The van der Waals surface area contributed by atoms with E-state index < -0.39 is 0 Å². The Morgan fingerprint density at radius 2 is 2.35 bits per heavy atom. The molecule has 17 heavy (non-hydrogen) atoms. The summed E-state index contributed by atoms with van der Waals surface area (Å²) >= 11 is 1.49. The molecule has 2 aromatic rings. The van der Waals surface area contributed by atoms with E-state index in [0.29, 0.717) is 0 Å². The van der Waals surface area contributed by atoms with Gasteiger partial charge in [-0.05, 0) is 36.6 Å². The largest absolute Gasteiger partial charge is 0.493 e. The molecule has 1 aromatic heterocycles. The predicted molar refractivity (Wildman–Crippen MR) is 67.3 cm³/mol. The Morgan fingerprint density at radius 1 is 1.41 bits per heavy atom. The van der Waals surface area contributed by atoms with Crippen molar-refractivity contribution in [2.75, 3.05) is 6.61 Å². The predicted octanol–water partition coefficient (Wildman–Crippen LogP) is 2.63. The van der Waals surface area contributed by atoms with Crippen molar-refractivity contribution < 1.29 is 9.84 Å². The Kier molecular flexibility index (Phi) is 2.82. The van der Waals surface area contributed by atoms with Crippen LogP contribution in [0.2, 0.25) is 0 Å². The van der Waals surface area contributed by atoms with Crippen LogP contribution in [0.1, 0.15) is 17.0 Å². The van der Waals surface area contributed by atoms with E-state index in [-0.39, 0.29) is 6.61 Å². The van der Waals surface area contributed by atoms with Crippen LogP contribution in [-0.2, 0) is 13.0 Å². The van der Waals surface area contributed by atoms with Gasteiger partial charge in [-0.15, -0.1) is 11.3 Å². The maximum Gasteiger partial charge on any atom is 0.122 e. The minimum atomic E-state index is 0.0126. The molecule has 1 N–H and O–H groups in total. The first kappa shape index (κ1) is 10.7. The first-order chi connectivity index (χ1) is 8.36. The molecule has 4 heteroatoms. The van der Waals surface area contributed by atoms with Crippen LogP contribution >= 0.6 is 11.3 Å². The summed E-state index contributed by atoms with van der Waals surface area (Å²) in [5.41, 5.74) is 3.30. The number of aliphatic hydroxyl groups is 1. The molecule has 0 atom stereocenters. The second-order valence-corrected chi connectivity index (χ2v) is 5.00. The minimum absolute atomic E-state index is 0.0126. The van der Waals surface area contributed by atoms with E-state index in [9.17, 15) is 0 Å². The highest BCUT2D eigenvalue weighted by Gasteiger charge is 2.12. The molecule has 3 nitrogen and oxygen atoms in total. The van der Waals surface area contributed by atoms with Crippen molar-refractivity contribution in [1.82, 2.24) is 4.98 Å². The lowest BCUT2D eigenvalue weighted by Crippen LogP contribution is -2.08. The molecule has 88 valence electrons. The van der Waals surface area contributed by atoms with Gasteiger partial charge in [0, 0.05) is 10.9 Å². The molecule has 0 fully saturated rings. The summed E-state index contributed by atoms with van der Waals surface area (Å²) in [7, 11) is 0. The zero-order valence-corrected chi connectivity index (χ0v) is 10.2. The molecule has 0 spiro atoms. The van der Waals surface area contributed by atoms with E-state index >= 15 is 0 Å². The second-order valence-electron chi connectivity index (χ2n) is 4.06. The highest BCUT2D eigenvalue weighted by atomic mass is 32.1. The molecule has 2 heterocycles. The van der Waals surface area contributed by atoms with Crippen molar-refractivity contribution >= 4 is 11.3 Å². The summed E-state index contributed by atoms with van der Waals surface area (Å²) in [6.45, 7) is 0.830. The second kappa shape index (κ2) is 4.47. The minimum Gasteiger partial charge on any atom is -0.493 e. The summed E-state index contributed by atoms with van der Waals surface area (Å²) in [4.78, 5) is 4.38. The number of rotatable bonds is 2. The van der Waals surface area contributed by atoms with Gasteiger partial charge in [-0.1, -0.05) is 0 Å². The Bertz CT molecular complexity index is 536. The van der Waals surface area contributed by atoms with Crippen LogP contribution in [0.4, 0.5) is 0 Å². The number of aryl methyl sites for hydroxylation is 1. The number of fused-ring (bicyclic) bond motifs is 1. The Morgan fingerprint density at radius 3 is 3.18 bits per heavy atom. The highest BCUT2D eigenvalue weighted by molar-refractivity contribution is 7.09. The number of hydrogen-bond acceptors (Lipinski definition) is 4. The van der Waals surface area contributed by atoms with Gasteiger partial charge in [-0.3, -0.25) is 0 Å². The molecule has 0 aliphatic carbocycles. The quantitative estimate of drug-likeness (QED) is 0.887. The van der Waals surface area contributed by atoms with E-state index in [1.807, 2.05) is 17.5 Å². The van der Waals surface area contributed by atoms with E-state index in [1.165, 1.54) is 16.9 Å². The molecule has 1 aliphatic heterocycles. The first-order valence-corrected chi connectivity index (χ1v) is 6.56. The molecule has 0 amide bonds. The normalized spacial score (nSPS) is 14.2. The third-order valence-corrected chi connectivity index (χ3v) is 3.72. The van der Waals surface area contributed by atoms with Crippen molar-refractivity contribution in [3.63, 3.8) is 0 Å². The van der Waals surface area contributed by atoms with Gasteiger partial charge in [0.1, 0.15) is 10.8 Å². The summed E-state index contributed by atoms with van der Waals surface area (Å²) in [6, 6.07) is 6.19. The molecule has 0 radical (unpaired) electrons. The first-order valence-electron chi connectivity index (χ1n) is 5.68. The number of aromatic nitrogens is 1. The molecule has 0 bridgehead atoms. The molecular weight excluding hydrogens is 234 g/mol. The fourth-order valence-corrected chi connectivity index (χ4v) is 2.70. The van der Waals surface area contributed by atoms with E-state index in [0.717, 1.165) is 41.5 Å². The van der Waals surface area contributed by atoms with Crippen molar-refractivity contribution in [1.29, 1.82) is 0 Å². The summed E-state index contributed by atoms with van der Waals surface area (Å²) < 4.78 is 5.58. The van der Waals surface area contributed by atoms with Gasteiger partial charge in [-0.25, -0.2) is 4.98 Å². The monoisotopic (exact) mass is 247 g/mol. The smallest absolute Gasteiger partial charge is 0.122 e. The van der Waals surface area contributed by atoms with Gasteiger partial charge in [-0.2, -0.15) is 0 Å². The fourth-order valence-electron chi connectivity index (χ4n) is 2.04. The maximum absolute atomic E-state index is 9.02. The van der Waals surface area contributed by atoms with E-state index in [4.69, 9.17) is 9.84 Å². The van der Waals surface area contributed by atoms with Gasteiger partial charge in [0.15, 0.2) is 0 Å². The Labute approximate surface area is 104 Å². The zero-order valence-electron chi connectivity index (χ0n) is 9.35. The average Bonchev–Trinajstić information content (AvgIpc) is 2.87.